The maximum atomic E-state index is 9.34. The molecule has 2 heterocycles. The maximum absolute atomic E-state index is 9.34. The minimum absolute atomic E-state index is 0.293. The van der Waals surface area contributed by atoms with Gasteiger partial charge in [0.05, 0.1) is 6.20 Å². The lowest BCUT2D eigenvalue weighted by Crippen LogP contribution is -2.43. The summed E-state index contributed by atoms with van der Waals surface area (Å²) in [6, 6.07) is 15.8. The fourth-order valence-corrected chi connectivity index (χ4v) is 3.21. The molecule has 2 aromatic carbocycles. The summed E-state index contributed by atoms with van der Waals surface area (Å²) < 4.78 is 1.87. The Balaban J connectivity index is 1.39. The number of rotatable bonds is 5. The van der Waals surface area contributed by atoms with Gasteiger partial charge in [0, 0.05) is 44.0 Å². The predicted molar refractivity (Wildman–Crippen MR) is 102 cm³/mol. The lowest BCUT2D eigenvalue weighted by atomic mass is 10.1. The van der Waals surface area contributed by atoms with Crippen LogP contribution in [0.1, 0.15) is 5.56 Å². The average Bonchev–Trinajstić information content (AvgIpc) is 3.17. The SMILES string of the molecule is Oc1ccc(CCn2cc(-c3ccc(N4CCNCC4)cc3)nn2)cc1. The van der Waals surface area contributed by atoms with Crippen molar-refractivity contribution in [3.63, 3.8) is 0 Å². The zero-order chi connectivity index (χ0) is 17.8. The first-order chi connectivity index (χ1) is 12.8. The first kappa shape index (κ1) is 16.6. The lowest BCUT2D eigenvalue weighted by Gasteiger charge is -2.29. The predicted octanol–water partition coefficient (Wildman–Crippen LogP) is 2.30. The van der Waals surface area contributed by atoms with Crippen molar-refractivity contribution < 1.29 is 5.11 Å². The van der Waals surface area contributed by atoms with Crippen LogP contribution in [0, 0.1) is 0 Å². The summed E-state index contributed by atoms with van der Waals surface area (Å²) in [5.41, 5.74) is 4.40. The number of benzene rings is 2. The topological polar surface area (TPSA) is 66.2 Å². The maximum Gasteiger partial charge on any atom is 0.115 e. The van der Waals surface area contributed by atoms with Crippen molar-refractivity contribution in [3.8, 4) is 17.0 Å². The van der Waals surface area contributed by atoms with Gasteiger partial charge < -0.3 is 15.3 Å². The van der Waals surface area contributed by atoms with E-state index in [1.807, 2.05) is 23.0 Å². The molecule has 0 aliphatic carbocycles. The highest BCUT2D eigenvalue weighted by atomic mass is 16.3. The molecule has 0 amide bonds. The third-order valence-electron chi connectivity index (χ3n) is 4.75. The molecule has 0 saturated carbocycles. The Labute approximate surface area is 153 Å². The fourth-order valence-electron chi connectivity index (χ4n) is 3.21. The largest absolute Gasteiger partial charge is 0.508 e. The number of nitrogens with one attached hydrogen (secondary N) is 1. The van der Waals surface area contributed by atoms with E-state index in [4.69, 9.17) is 0 Å². The van der Waals surface area contributed by atoms with E-state index >= 15 is 0 Å². The van der Waals surface area contributed by atoms with Crippen LogP contribution in [0.15, 0.2) is 54.7 Å². The van der Waals surface area contributed by atoms with Gasteiger partial charge in [-0.2, -0.15) is 0 Å². The van der Waals surface area contributed by atoms with Crippen molar-refractivity contribution in [2.75, 3.05) is 31.1 Å². The van der Waals surface area contributed by atoms with Gasteiger partial charge in [0.2, 0.25) is 0 Å². The molecule has 1 saturated heterocycles. The molecule has 2 N–H and O–H groups in total. The van der Waals surface area contributed by atoms with Crippen molar-refractivity contribution in [3.05, 3.63) is 60.3 Å². The summed E-state index contributed by atoms with van der Waals surface area (Å²) in [5, 5.41) is 21.3. The Kier molecular flexibility index (Phi) is 4.84. The highest BCUT2D eigenvalue weighted by Crippen LogP contribution is 2.22. The molecule has 1 fully saturated rings. The minimum atomic E-state index is 0.293. The van der Waals surface area contributed by atoms with E-state index in [9.17, 15) is 5.11 Å². The highest BCUT2D eigenvalue weighted by molar-refractivity contribution is 5.62. The summed E-state index contributed by atoms with van der Waals surface area (Å²) in [6.45, 7) is 4.93. The van der Waals surface area contributed by atoms with E-state index < -0.39 is 0 Å². The number of aromatic nitrogens is 3. The Bertz CT molecular complexity index is 835. The number of hydrogen-bond donors (Lipinski definition) is 2. The van der Waals surface area contributed by atoms with Gasteiger partial charge in [0.25, 0.3) is 0 Å². The molecule has 0 unspecified atom stereocenters. The fraction of sp³-hybridized carbons (Fsp3) is 0.300. The third kappa shape index (κ3) is 3.86. The summed E-state index contributed by atoms with van der Waals surface area (Å²) in [6.07, 6.45) is 2.84. The number of anilines is 1. The first-order valence-corrected chi connectivity index (χ1v) is 9.02. The molecular formula is C20H23N5O. The number of nitrogens with zero attached hydrogens (tertiary/aromatic N) is 4. The Morgan fingerprint density at radius 2 is 1.69 bits per heavy atom. The molecule has 0 spiro atoms. The summed E-state index contributed by atoms with van der Waals surface area (Å²) in [5.74, 6) is 0.293. The van der Waals surface area contributed by atoms with Crippen LogP contribution in [0.2, 0.25) is 0 Å². The summed E-state index contributed by atoms with van der Waals surface area (Å²) in [7, 11) is 0. The van der Waals surface area contributed by atoms with Crippen LogP contribution in [0.25, 0.3) is 11.3 Å². The van der Waals surface area contributed by atoms with Gasteiger partial charge in [-0.25, -0.2) is 0 Å². The number of aromatic hydroxyl groups is 1. The standard InChI is InChI=1S/C20H23N5O/c26-19-7-1-16(2-8-19)9-12-25-15-20(22-23-25)17-3-5-18(6-4-17)24-13-10-21-11-14-24/h1-8,15,21,26H,9-14H2. The van der Waals surface area contributed by atoms with E-state index in [1.165, 1.54) is 11.3 Å². The molecule has 0 atom stereocenters. The molecule has 1 aliphatic heterocycles. The zero-order valence-electron chi connectivity index (χ0n) is 14.7. The van der Waals surface area contributed by atoms with Crippen molar-refractivity contribution >= 4 is 5.69 Å². The van der Waals surface area contributed by atoms with Gasteiger partial charge >= 0.3 is 0 Å². The van der Waals surface area contributed by atoms with Crippen LogP contribution >= 0.6 is 0 Å². The Morgan fingerprint density at radius 3 is 2.42 bits per heavy atom. The number of hydrogen-bond acceptors (Lipinski definition) is 5. The smallest absolute Gasteiger partial charge is 0.115 e. The van der Waals surface area contributed by atoms with Crippen LogP contribution in [-0.4, -0.2) is 46.3 Å². The third-order valence-corrected chi connectivity index (χ3v) is 4.75. The van der Waals surface area contributed by atoms with E-state index in [0.29, 0.717) is 5.75 Å². The van der Waals surface area contributed by atoms with Gasteiger partial charge in [-0.05, 0) is 36.2 Å². The summed E-state index contributed by atoms with van der Waals surface area (Å²) in [4.78, 5) is 2.40. The molecule has 134 valence electrons. The van der Waals surface area contributed by atoms with E-state index in [0.717, 1.165) is 50.4 Å². The molecule has 26 heavy (non-hydrogen) atoms. The van der Waals surface area contributed by atoms with Gasteiger partial charge in [0.1, 0.15) is 11.4 Å². The van der Waals surface area contributed by atoms with E-state index in [-0.39, 0.29) is 0 Å². The van der Waals surface area contributed by atoms with Crippen molar-refractivity contribution in [1.82, 2.24) is 20.3 Å². The molecule has 6 heteroatoms. The Hall–Kier alpha value is -2.86. The molecule has 1 aromatic heterocycles. The van der Waals surface area contributed by atoms with Crippen LogP contribution in [0.3, 0.4) is 0 Å². The van der Waals surface area contributed by atoms with Gasteiger partial charge in [0.15, 0.2) is 0 Å². The molecule has 0 bridgehead atoms. The molecule has 4 rings (SSSR count). The van der Waals surface area contributed by atoms with Crippen molar-refractivity contribution in [2.45, 2.75) is 13.0 Å². The lowest BCUT2D eigenvalue weighted by molar-refractivity contribution is 0.475. The monoisotopic (exact) mass is 349 g/mol. The summed E-state index contributed by atoms with van der Waals surface area (Å²) >= 11 is 0. The number of phenolic OH excluding ortho intramolecular Hbond substituents is 1. The van der Waals surface area contributed by atoms with Crippen LogP contribution in [-0.2, 0) is 13.0 Å². The van der Waals surface area contributed by atoms with Crippen LogP contribution in [0.4, 0.5) is 5.69 Å². The average molecular weight is 349 g/mol. The van der Waals surface area contributed by atoms with Crippen LogP contribution < -0.4 is 10.2 Å². The van der Waals surface area contributed by atoms with Crippen molar-refractivity contribution in [2.24, 2.45) is 0 Å². The molecule has 3 aromatic rings. The number of phenols is 1. The van der Waals surface area contributed by atoms with Gasteiger partial charge in [-0.3, -0.25) is 4.68 Å². The Morgan fingerprint density at radius 1 is 0.962 bits per heavy atom. The molecule has 6 nitrogen and oxygen atoms in total. The second-order valence-electron chi connectivity index (χ2n) is 6.57. The second-order valence-corrected chi connectivity index (χ2v) is 6.57. The number of aryl methyl sites for hydroxylation is 2. The number of piperazine rings is 1. The molecular weight excluding hydrogens is 326 g/mol. The van der Waals surface area contributed by atoms with E-state index in [1.54, 1.807) is 12.1 Å². The van der Waals surface area contributed by atoms with E-state index in [2.05, 4.69) is 44.8 Å². The molecule has 1 aliphatic rings. The van der Waals surface area contributed by atoms with Crippen molar-refractivity contribution in [1.29, 1.82) is 0 Å². The van der Waals surface area contributed by atoms with Gasteiger partial charge in [-0.15, -0.1) is 5.10 Å². The quantitative estimate of drug-likeness (QED) is 0.740. The minimum Gasteiger partial charge on any atom is -0.508 e. The first-order valence-electron chi connectivity index (χ1n) is 9.02. The molecule has 0 radical (unpaired) electrons. The van der Waals surface area contributed by atoms with Gasteiger partial charge in [-0.1, -0.05) is 29.5 Å². The zero-order valence-corrected chi connectivity index (χ0v) is 14.7. The highest BCUT2D eigenvalue weighted by Gasteiger charge is 2.11. The normalized spacial score (nSPS) is 14.5. The second kappa shape index (κ2) is 7.58. The van der Waals surface area contributed by atoms with Crippen LogP contribution in [0.5, 0.6) is 5.75 Å².